The second-order valence-electron chi connectivity index (χ2n) is 5.62. The van der Waals surface area contributed by atoms with Gasteiger partial charge < -0.3 is 10.3 Å². The van der Waals surface area contributed by atoms with Crippen LogP contribution >= 0.6 is 11.3 Å². The molecule has 1 unspecified atom stereocenters. The average molecular weight is 306 g/mol. The standard InChI is InChI=1S/C15H22N4OS/c1-2-19(9-11-5-3-4-7-16-11)10-13-17-12-6-8-21-14(12)15(20)18-13/h6,8,11,16H,2-5,7,9-10H2,1H3,(H,17,18,20). The summed E-state index contributed by atoms with van der Waals surface area (Å²) in [5.41, 5.74) is 0.794. The second-order valence-corrected chi connectivity index (χ2v) is 6.54. The van der Waals surface area contributed by atoms with Crippen LogP contribution in [-0.2, 0) is 6.54 Å². The van der Waals surface area contributed by atoms with E-state index in [0.717, 1.165) is 35.7 Å². The van der Waals surface area contributed by atoms with E-state index < -0.39 is 0 Å². The number of aromatic amines is 1. The number of hydrogen-bond acceptors (Lipinski definition) is 5. The monoisotopic (exact) mass is 306 g/mol. The summed E-state index contributed by atoms with van der Waals surface area (Å²) in [6.45, 7) is 5.96. The lowest BCUT2D eigenvalue weighted by Crippen LogP contribution is -2.43. The van der Waals surface area contributed by atoms with Crippen molar-refractivity contribution in [3.05, 3.63) is 27.6 Å². The lowest BCUT2D eigenvalue weighted by molar-refractivity contribution is 0.222. The number of thiophene rings is 1. The minimum atomic E-state index is -0.0168. The van der Waals surface area contributed by atoms with E-state index in [2.05, 4.69) is 27.1 Å². The van der Waals surface area contributed by atoms with Crippen molar-refractivity contribution in [2.75, 3.05) is 19.6 Å². The smallest absolute Gasteiger partial charge is 0.268 e. The van der Waals surface area contributed by atoms with Crippen LogP contribution in [0.1, 0.15) is 32.0 Å². The Kier molecular flexibility index (Phi) is 4.67. The molecule has 3 heterocycles. The molecule has 6 heteroatoms. The first-order valence-corrected chi connectivity index (χ1v) is 8.56. The molecule has 1 saturated heterocycles. The fourth-order valence-corrected chi connectivity index (χ4v) is 3.63. The van der Waals surface area contributed by atoms with Crippen LogP contribution in [0.2, 0.25) is 0 Å². The molecule has 5 nitrogen and oxygen atoms in total. The van der Waals surface area contributed by atoms with Crippen LogP contribution in [0.4, 0.5) is 0 Å². The molecule has 1 fully saturated rings. The Morgan fingerprint density at radius 2 is 2.38 bits per heavy atom. The Bertz CT molecular complexity index is 644. The van der Waals surface area contributed by atoms with E-state index in [1.165, 1.54) is 30.6 Å². The fraction of sp³-hybridized carbons (Fsp3) is 0.600. The summed E-state index contributed by atoms with van der Waals surface area (Å²) in [6.07, 6.45) is 3.83. The summed E-state index contributed by atoms with van der Waals surface area (Å²) in [6, 6.07) is 2.48. The average Bonchev–Trinajstić information content (AvgIpc) is 2.96. The highest BCUT2D eigenvalue weighted by atomic mass is 32.1. The third-order valence-corrected chi connectivity index (χ3v) is 4.98. The summed E-state index contributed by atoms with van der Waals surface area (Å²) in [5, 5.41) is 5.49. The molecular weight excluding hydrogens is 284 g/mol. The Morgan fingerprint density at radius 3 is 3.14 bits per heavy atom. The number of fused-ring (bicyclic) bond motifs is 1. The van der Waals surface area contributed by atoms with Gasteiger partial charge in [-0.05, 0) is 37.4 Å². The minimum absolute atomic E-state index is 0.0168. The normalized spacial score (nSPS) is 19.4. The van der Waals surface area contributed by atoms with Gasteiger partial charge in [-0.3, -0.25) is 9.69 Å². The molecule has 0 bridgehead atoms. The number of rotatable bonds is 5. The molecule has 114 valence electrons. The summed E-state index contributed by atoms with van der Waals surface area (Å²) in [4.78, 5) is 21.8. The maximum atomic E-state index is 12.0. The van der Waals surface area contributed by atoms with Crippen LogP contribution in [-0.4, -0.2) is 40.5 Å². The first-order chi connectivity index (χ1) is 10.3. The Labute approximate surface area is 128 Å². The number of hydrogen-bond donors (Lipinski definition) is 2. The molecule has 3 rings (SSSR count). The van der Waals surface area contributed by atoms with Crippen LogP contribution < -0.4 is 10.9 Å². The van der Waals surface area contributed by atoms with Crippen LogP contribution in [0.5, 0.6) is 0 Å². The zero-order valence-electron chi connectivity index (χ0n) is 12.4. The Balaban J connectivity index is 1.70. The van der Waals surface area contributed by atoms with Crippen molar-refractivity contribution < 1.29 is 0 Å². The SMILES string of the molecule is CCN(Cc1nc2ccsc2c(=O)[nH]1)CC1CCCCN1. The van der Waals surface area contributed by atoms with E-state index in [9.17, 15) is 4.79 Å². The number of likely N-dealkylation sites (N-methyl/N-ethyl adjacent to an activating group) is 1. The van der Waals surface area contributed by atoms with E-state index in [1.807, 2.05) is 11.4 Å². The fourth-order valence-electron chi connectivity index (χ4n) is 2.91. The van der Waals surface area contributed by atoms with Gasteiger partial charge >= 0.3 is 0 Å². The van der Waals surface area contributed by atoms with E-state index >= 15 is 0 Å². The predicted octanol–water partition coefficient (Wildman–Crippen LogP) is 1.95. The molecule has 0 aromatic carbocycles. The number of aromatic nitrogens is 2. The third-order valence-electron chi connectivity index (χ3n) is 4.08. The zero-order chi connectivity index (χ0) is 14.7. The molecule has 0 spiro atoms. The van der Waals surface area contributed by atoms with Gasteiger partial charge in [-0.15, -0.1) is 11.3 Å². The van der Waals surface area contributed by atoms with Gasteiger partial charge in [-0.1, -0.05) is 13.3 Å². The molecule has 21 heavy (non-hydrogen) atoms. The highest BCUT2D eigenvalue weighted by molar-refractivity contribution is 7.17. The molecule has 1 aliphatic heterocycles. The minimum Gasteiger partial charge on any atom is -0.313 e. The van der Waals surface area contributed by atoms with Crippen LogP contribution in [0.15, 0.2) is 16.2 Å². The molecule has 1 atom stereocenters. The Hall–Kier alpha value is -1.24. The van der Waals surface area contributed by atoms with Gasteiger partial charge in [-0.25, -0.2) is 4.98 Å². The van der Waals surface area contributed by atoms with Gasteiger partial charge in [0.05, 0.1) is 12.1 Å². The maximum absolute atomic E-state index is 12.0. The molecule has 0 amide bonds. The maximum Gasteiger partial charge on any atom is 0.268 e. The van der Waals surface area contributed by atoms with Crippen LogP contribution in [0.25, 0.3) is 10.2 Å². The van der Waals surface area contributed by atoms with Gasteiger partial charge in [0.1, 0.15) is 10.5 Å². The Morgan fingerprint density at radius 1 is 1.48 bits per heavy atom. The molecule has 2 aromatic heterocycles. The molecule has 1 aliphatic rings. The number of nitrogens with one attached hydrogen (secondary N) is 2. The summed E-state index contributed by atoms with van der Waals surface area (Å²) in [7, 11) is 0. The van der Waals surface area contributed by atoms with Crippen molar-refractivity contribution in [1.29, 1.82) is 0 Å². The van der Waals surface area contributed by atoms with E-state index in [0.29, 0.717) is 12.6 Å². The number of nitrogens with zero attached hydrogens (tertiary/aromatic N) is 2. The van der Waals surface area contributed by atoms with Gasteiger partial charge in [0.25, 0.3) is 5.56 Å². The quantitative estimate of drug-likeness (QED) is 0.886. The van der Waals surface area contributed by atoms with E-state index in [1.54, 1.807) is 0 Å². The summed E-state index contributed by atoms with van der Waals surface area (Å²) >= 11 is 1.45. The van der Waals surface area contributed by atoms with Crippen molar-refractivity contribution >= 4 is 21.6 Å². The molecule has 0 saturated carbocycles. The summed E-state index contributed by atoms with van der Waals surface area (Å²) in [5.74, 6) is 0.767. The van der Waals surface area contributed by atoms with Crippen molar-refractivity contribution in [3.8, 4) is 0 Å². The van der Waals surface area contributed by atoms with E-state index in [-0.39, 0.29) is 5.56 Å². The van der Waals surface area contributed by atoms with Crippen LogP contribution in [0.3, 0.4) is 0 Å². The van der Waals surface area contributed by atoms with Crippen molar-refractivity contribution in [2.24, 2.45) is 0 Å². The molecule has 0 radical (unpaired) electrons. The van der Waals surface area contributed by atoms with Crippen molar-refractivity contribution in [1.82, 2.24) is 20.2 Å². The molecular formula is C15H22N4OS. The zero-order valence-corrected chi connectivity index (χ0v) is 13.2. The highest BCUT2D eigenvalue weighted by Gasteiger charge is 2.17. The first-order valence-electron chi connectivity index (χ1n) is 7.68. The second kappa shape index (κ2) is 6.68. The van der Waals surface area contributed by atoms with Gasteiger partial charge in [0.15, 0.2) is 0 Å². The first kappa shape index (κ1) is 14.7. The topological polar surface area (TPSA) is 61.0 Å². The van der Waals surface area contributed by atoms with Gasteiger partial charge in [0.2, 0.25) is 0 Å². The van der Waals surface area contributed by atoms with Crippen molar-refractivity contribution in [3.63, 3.8) is 0 Å². The van der Waals surface area contributed by atoms with Crippen LogP contribution in [0, 0.1) is 0 Å². The highest BCUT2D eigenvalue weighted by Crippen LogP contribution is 2.15. The van der Waals surface area contributed by atoms with Gasteiger partial charge in [-0.2, -0.15) is 0 Å². The number of H-pyrrole nitrogens is 1. The van der Waals surface area contributed by atoms with Gasteiger partial charge in [0, 0.05) is 12.6 Å². The third kappa shape index (κ3) is 3.51. The van der Waals surface area contributed by atoms with Crippen molar-refractivity contribution in [2.45, 2.75) is 38.8 Å². The summed E-state index contributed by atoms with van der Waals surface area (Å²) < 4.78 is 0.718. The molecule has 0 aliphatic carbocycles. The largest absolute Gasteiger partial charge is 0.313 e. The molecule has 2 aromatic rings. The lowest BCUT2D eigenvalue weighted by atomic mass is 10.0. The lowest BCUT2D eigenvalue weighted by Gasteiger charge is -2.29. The predicted molar refractivity (Wildman–Crippen MR) is 86.8 cm³/mol. The number of piperidine rings is 1. The molecule has 2 N–H and O–H groups in total. The van der Waals surface area contributed by atoms with E-state index in [4.69, 9.17) is 0 Å².